The summed E-state index contributed by atoms with van der Waals surface area (Å²) in [5.74, 6) is 1.34. The largest absolute Gasteiger partial charge is 0.494 e. The lowest BCUT2D eigenvalue weighted by Gasteiger charge is -2.14. The molecule has 0 unspecified atom stereocenters. The van der Waals surface area contributed by atoms with Gasteiger partial charge in [0, 0.05) is 17.8 Å². The summed E-state index contributed by atoms with van der Waals surface area (Å²) in [5.41, 5.74) is 4.89. The van der Waals surface area contributed by atoms with E-state index in [2.05, 4.69) is 15.4 Å². The molecule has 3 heterocycles. The minimum Gasteiger partial charge on any atom is -0.494 e. The molecule has 0 fully saturated rings. The van der Waals surface area contributed by atoms with E-state index < -0.39 is 0 Å². The van der Waals surface area contributed by atoms with Crippen molar-refractivity contribution in [2.45, 2.75) is 13.8 Å². The SMILES string of the molecule is COc1cc(-c2c(C)noc2C)ccc1-n1ccc(=O)c(-c2ccnn2-c2ccccc2)n1. The fourth-order valence-electron chi connectivity index (χ4n) is 3.89. The van der Waals surface area contributed by atoms with Crippen molar-refractivity contribution in [1.29, 1.82) is 0 Å². The van der Waals surface area contributed by atoms with Gasteiger partial charge < -0.3 is 9.26 Å². The minimum absolute atomic E-state index is 0.199. The Balaban J connectivity index is 1.61. The van der Waals surface area contributed by atoms with Gasteiger partial charge in [-0.05, 0) is 49.7 Å². The number of para-hydroxylation sites is 1. The van der Waals surface area contributed by atoms with Crippen LogP contribution in [0.4, 0.5) is 0 Å². The first kappa shape index (κ1) is 20.4. The van der Waals surface area contributed by atoms with Crippen LogP contribution in [0.5, 0.6) is 5.75 Å². The molecule has 0 aliphatic rings. The van der Waals surface area contributed by atoms with E-state index in [-0.39, 0.29) is 11.1 Å². The monoisotopic (exact) mass is 439 g/mol. The van der Waals surface area contributed by atoms with Gasteiger partial charge in [-0.3, -0.25) is 4.79 Å². The molecule has 5 aromatic rings. The predicted octanol–water partition coefficient (Wildman–Crippen LogP) is 4.37. The van der Waals surface area contributed by atoms with E-state index in [9.17, 15) is 4.79 Å². The molecule has 0 spiro atoms. The minimum atomic E-state index is -0.199. The number of nitrogens with zero attached hydrogens (tertiary/aromatic N) is 5. The van der Waals surface area contributed by atoms with Crippen molar-refractivity contribution in [3.05, 3.63) is 94.7 Å². The van der Waals surface area contributed by atoms with Crippen LogP contribution in [0.15, 0.2) is 82.4 Å². The molecule has 0 atom stereocenters. The van der Waals surface area contributed by atoms with Gasteiger partial charge in [-0.2, -0.15) is 10.2 Å². The van der Waals surface area contributed by atoms with Gasteiger partial charge in [0.15, 0.2) is 5.69 Å². The third-order valence-electron chi connectivity index (χ3n) is 5.44. The molecule has 0 aliphatic heterocycles. The Morgan fingerprint density at radius 3 is 2.55 bits per heavy atom. The van der Waals surface area contributed by atoms with Crippen molar-refractivity contribution >= 4 is 0 Å². The molecule has 0 saturated carbocycles. The van der Waals surface area contributed by atoms with Crippen LogP contribution in [0.25, 0.3) is 33.9 Å². The lowest BCUT2D eigenvalue weighted by atomic mass is 10.0. The number of methoxy groups -OCH3 is 1. The first-order chi connectivity index (χ1) is 16.1. The third-order valence-corrected chi connectivity index (χ3v) is 5.44. The molecule has 2 aromatic carbocycles. The lowest BCUT2D eigenvalue weighted by molar-refractivity contribution is 0.393. The standard InChI is InChI=1S/C25H21N5O3/c1-16-24(17(2)33-28-16)18-9-10-20(23(15-18)32-3)29-14-12-22(31)25(27-29)21-11-13-26-30(21)19-7-5-4-6-8-19/h4-15H,1-3H3. The van der Waals surface area contributed by atoms with Crippen molar-refractivity contribution < 1.29 is 9.26 Å². The first-order valence-electron chi connectivity index (χ1n) is 10.4. The highest BCUT2D eigenvalue weighted by atomic mass is 16.5. The number of rotatable bonds is 5. The van der Waals surface area contributed by atoms with Crippen LogP contribution < -0.4 is 10.2 Å². The molecule has 5 rings (SSSR count). The maximum atomic E-state index is 12.8. The van der Waals surface area contributed by atoms with Crippen LogP contribution in [0.3, 0.4) is 0 Å². The lowest BCUT2D eigenvalue weighted by Crippen LogP contribution is -2.15. The van der Waals surface area contributed by atoms with Crippen LogP contribution in [-0.4, -0.2) is 31.8 Å². The summed E-state index contributed by atoms with van der Waals surface area (Å²) in [6.07, 6.45) is 3.28. The van der Waals surface area contributed by atoms with Crippen molar-refractivity contribution in [1.82, 2.24) is 24.7 Å². The van der Waals surface area contributed by atoms with Crippen LogP contribution >= 0.6 is 0 Å². The van der Waals surface area contributed by atoms with Gasteiger partial charge in [0.1, 0.15) is 17.2 Å². The van der Waals surface area contributed by atoms with Crippen molar-refractivity contribution in [2.24, 2.45) is 0 Å². The zero-order valence-corrected chi connectivity index (χ0v) is 18.4. The Bertz CT molecular complexity index is 1480. The van der Waals surface area contributed by atoms with Gasteiger partial charge >= 0.3 is 0 Å². The summed E-state index contributed by atoms with van der Waals surface area (Å²) in [6, 6.07) is 18.7. The second kappa shape index (κ2) is 8.23. The van der Waals surface area contributed by atoms with E-state index in [0.717, 1.165) is 28.3 Å². The molecule has 3 aromatic heterocycles. The summed E-state index contributed by atoms with van der Waals surface area (Å²) in [7, 11) is 1.60. The Labute approximate surface area is 189 Å². The fraction of sp³-hybridized carbons (Fsp3) is 0.120. The molecule has 164 valence electrons. The maximum Gasteiger partial charge on any atom is 0.209 e. The summed E-state index contributed by atoms with van der Waals surface area (Å²) in [4.78, 5) is 12.8. The summed E-state index contributed by atoms with van der Waals surface area (Å²) < 4.78 is 14.3. The highest BCUT2D eigenvalue weighted by Crippen LogP contribution is 2.33. The normalized spacial score (nSPS) is 11.0. The Hall–Kier alpha value is -4.46. The van der Waals surface area contributed by atoms with Crippen LogP contribution in [0, 0.1) is 13.8 Å². The number of aryl methyl sites for hydroxylation is 2. The van der Waals surface area contributed by atoms with Gasteiger partial charge in [-0.1, -0.05) is 29.4 Å². The third kappa shape index (κ3) is 3.61. The summed E-state index contributed by atoms with van der Waals surface area (Å²) in [6.45, 7) is 3.78. The van der Waals surface area contributed by atoms with E-state index in [0.29, 0.717) is 17.1 Å². The van der Waals surface area contributed by atoms with Gasteiger partial charge in [0.2, 0.25) is 5.43 Å². The number of ether oxygens (including phenoxy) is 1. The molecule has 8 nitrogen and oxygen atoms in total. The molecule has 33 heavy (non-hydrogen) atoms. The van der Waals surface area contributed by atoms with Crippen LogP contribution in [-0.2, 0) is 0 Å². The topological polar surface area (TPSA) is 88.0 Å². The smallest absolute Gasteiger partial charge is 0.209 e. The zero-order valence-electron chi connectivity index (χ0n) is 18.4. The van der Waals surface area contributed by atoms with Gasteiger partial charge in [-0.25, -0.2) is 9.36 Å². The predicted molar refractivity (Wildman–Crippen MR) is 124 cm³/mol. The maximum absolute atomic E-state index is 12.8. The molecule has 0 aliphatic carbocycles. The molecule has 0 saturated heterocycles. The number of aromatic nitrogens is 5. The van der Waals surface area contributed by atoms with Gasteiger partial charge in [0.05, 0.1) is 30.4 Å². The second-order valence-electron chi connectivity index (χ2n) is 7.52. The molecule has 8 heteroatoms. The second-order valence-corrected chi connectivity index (χ2v) is 7.52. The molecule has 0 amide bonds. The summed E-state index contributed by atoms with van der Waals surface area (Å²) in [5, 5.41) is 13.1. The van der Waals surface area contributed by atoms with Crippen molar-refractivity contribution in [2.75, 3.05) is 7.11 Å². The van der Waals surface area contributed by atoms with E-state index >= 15 is 0 Å². The van der Waals surface area contributed by atoms with E-state index in [4.69, 9.17) is 9.26 Å². The van der Waals surface area contributed by atoms with E-state index in [1.54, 1.807) is 34.9 Å². The molecule has 0 bridgehead atoms. The Morgan fingerprint density at radius 2 is 1.82 bits per heavy atom. The highest BCUT2D eigenvalue weighted by molar-refractivity contribution is 5.71. The first-order valence-corrected chi connectivity index (χ1v) is 10.4. The Morgan fingerprint density at radius 1 is 1.00 bits per heavy atom. The van der Waals surface area contributed by atoms with Gasteiger partial charge in [-0.15, -0.1) is 0 Å². The number of benzene rings is 2. The van der Waals surface area contributed by atoms with E-state index in [1.807, 2.05) is 62.4 Å². The van der Waals surface area contributed by atoms with Crippen molar-refractivity contribution in [3.8, 4) is 39.6 Å². The zero-order chi connectivity index (χ0) is 22.9. The molecule has 0 radical (unpaired) electrons. The van der Waals surface area contributed by atoms with Crippen LogP contribution in [0.2, 0.25) is 0 Å². The molecular weight excluding hydrogens is 418 g/mol. The number of hydrogen-bond donors (Lipinski definition) is 0. The molecular formula is C25H21N5O3. The van der Waals surface area contributed by atoms with Crippen LogP contribution in [0.1, 0.15) is 11.5 Å². The average Bonchev–Trinajstić information content (AvgIpc) is 3.46. The fourth-order valence-corrected chi connectivity index (χ4v) is 3.89. The number of hydrogen-bond acceptors (Lipinski definition) is 6. The molecule has 0 N–H and O–H groups in total. The van der Waals surface area contributed by atoms with E-state index in [1.165, 1.54) is 6.07 Å². The Kier molecular flexibility index (Phi) is 5.10. The highest BCUT2D eigenvalue weighted by Gasteiger charge is 2.17. The van der Waals surface area contributed by atoms with Crippen molar-refractivity contribution in [3.63, 3.8) is 0 Å². The quantitative estimate of drug-likeness (QED) is 0.404. The van der Waals surface area contributed by atoms with Gasteiger partial charge in [0.25, 0.3) is 0 Å². The summed E-state index contributed by atoms with van der Waals surface area (Å²) >= 11 is 0. The average molecular weight is 439 g/mol.